The van der Waals surface area contributed by atoms with Gasteiger partial charge in [-0.25, -0.2) is 8.42 Å². The van der Waals surface area contributed by atoms with Gasteiger partial charge in [-0.15, -0.1) is 0 Å². The number of aliphatic hydroxyl groups excluding tert-OH is 2. The van der Waals surface area contributed by atoms with E-state index in [0.29, 0.717) is 36.2 Å². The molecule has 0 aliphatic rings. The van der Waals surface area contributed by atoms with Gasteiger partial charge in [0.05, 0.1) is 23.0 Å². The fourth-order valence-electron chi connectivity index (χ4n) is 3.37. The van der Waals surface area contributed by atoms with Gasteiger partial charge in [0.1, 0.15) is 24.7 Å². The highest BCUT2D eigenvalue weighted by molar-refractivity contribution is 7.91. The van der Waals surface area contributed by atoms with Crippen LogP contribution >= 0.6 is 0 Å². The first kappa shape index (κ1) is 25.2. The van der Waals surface area contributed by atoms with Crippen LogP contribution in [0.4, 0.5) is 0 Å². The highest BCUT2D eigenvalue weighted by Gasteiger charge is 2.22. The van der Waals surface area contributed by atoms with Crippen molar-refractivity contribution in [3.05, 3.63) is 47.5 Å². The summed E-state index contributed by atoms with van der Waals surface area (Å²) in [6.07, 6.45) is 1.33. The normalized spacial score (nSPS) is 11.9. The van der Waals surface area contributed by atoms with Gasteiger partial charge in [0.2, 0.25) is 9.84 Å². The zero-order chi connectivity index (χ0) is 23.0. The molecule has 0 aliphatic heterocycles. The van der Waals surface area contributed by atoms with E-state index in [1.165, 1.54) is 0 Å². The van der Waals surface area contributed by atoms with Crippen LogP contribution in [0.25, 0.3) is 0 Å². The first-order valence-corrected chi connectivity index (χ1v) is 12.2. The van der Waals surface area contributed by atoms with Gasteiger partial charge in [0.15, 0.2) is 0 Å². The summed E-state index contributed by atoms with van der Waals surface area (Å²) >= 11 is 0. The van der Waals surface area contributed by atoms with Gasteiger partial charge >= 0.3 is 0 Å². The molecule has 0 amide bonds. The lowest BCUT2D eigenvalue weighted by Crippen LogP contribution is -2.09. The molecule has 0 saturated heterocycles. The van der Waals surface area contributed by atoms with Crippen molar-refractivity contribution in [3.8, 4) is 11.5 Å². The van der Waals surface area contributed by atoms with Crippen LogP contribution in [0.1, 0.15) is 38.8 Å². The van der Waals surface area contributed by atoms with E-state index in [-0.39, 0.29) is 36.2 Å². The number of aliphatic hydroxyl groups is 2. The van der Waals surface area contributed by atoms with E-state index >= 15 is 0 Å². The van der Waals surface area contributed by atoms with E-state index in [0.717, 1.165) is 11.1 Å². The Labute approximate surface area is 185 Å². The Morgan fingerprint density at radius 2 is 1.13 bits per heavy atom. The van der Waals surface area contributed by atoms with Crippen LogP contribution in [0.15, 0.2) is 46.2 Å². The van der Waals surface area contributed by atoms with Crippen molar-refractivity contribution >= 4 is 9.84 Å². The molecule has 0 aromatic heterocycles. The molecule has 2 N–H and O–H groups in total. The Balaban J connectivity index is 2.47. The highest BCUT2D eigenvalue weighted by atomic mass is 32.2. The summed E-state index contributed by atoms with van der Waals surface area (Å²) < 4.78 is 38.0. The quantitative estimate of drug-likeness (QED) is 0.513. The summed E-state index contributed by atoms with van der Waals surface area (Å²) in [4.78, 5) is 0.415. The minimum Gasteiger partial charge on any atom is -0.491 e. The van der Waals surface area contributed by atoms with E-state index in [2.05, 4.69) is 27.7 Å². The Kier molecular flexibility index (Phi) is 9.34. The predicted octanol–water partition coefficient (Wildman–Crippen LogP) is 3.66. The van der Waals surface area contributed by atoms with Crippen LogP contribution in [0.5, 0.6) is 11.5 Å². The van der Waals surface area contributed by atoms with Crippen LogP contribution in [0, 0.1) is 11.8 Å². The van der Waals surface area contributed by atoms with Gasteiger partial charge in [-0.3, -0.25) is 0 Å². The van der Waals surface area contributed by atoms with Gasteiger partial charge in [0, 0.05) is 0 Å². The predicted molar refractivity (Wildman–Crippen MR) is 121 cm³/mol. The van der Waals surface area contributed by atoms with E-state index in [4.69, 9.17) is 19.7 Å². The van der Waals surface area contributed by atoms with Gasteiger partial charge in [-0.05, 0) is 72.2 Å². The maximum atomic E-state index is 13.4. The third-order valence-electron chi connectivity index (χ3n) is 4.64. The van der Waals surface area contributed by atoms with E-state index in [1.54, 1.807) is 36.4 Å². The Morgan fingerprint density at radius 1 is 0.742 bits per heavy atom. The second kappa shape index (κ2) is 11.5. The summed E-state index contributed by atoms with van der Waals surface area (Å²) in [6.45, 7) is 8.33. The largest absolute Gasteiger partial charge is 0.491 e. The average Bonchev–Trinajstić information content (AvgIpc) is 2.71. The van der Waals surface area contributed by atoms with Crippen LogP contribution in [-0.4, -0.2) is 45.1 Å². The maximum absolute atomic E-state index is 13.4. The Hall–Kier alpha value is -2.09. The van der Waals surface area contributed by atoms with Crippen LogP contribution in [0.2, 0.25) is 0 Å². The second-order valence-electron chi connectivity index (χ2n) is 8.38. The summed E-state index contributed by atoms with van der Waals surface area (Å²) in [6, 6.07) is 9.75. The van der Waals surface area contributed by atoms with Crippen molar-refractivity contribution in [3.63, 3.8) is 0 Å². The molecule has 172 valence electrons. The summed E-state index contributed by atoms with van der Waals surface area (Å²) in [5.41, 5.74) is 1.60. The fourth-order valence-corrected chi connectivity index (χ4v) is 4.73. The van der Waals surface area contributed by atoms with Gasteiger partial charge in [0.25, 0.3) is 0 Å². The van der Waals surface area contributed by atoms with Gasteiger partial charge < -0.3 is 19.7 Å². The van der Waals surface area contributed by atoms with E-state index in [9.17, 15) is 8.42 Å². The zero-order valence-corrected chi connectivity index (χ0v) is 19.6. The number of hydrogen-bond acceptors (Lipinski definition) is 6. The monoisotopic (exact) mass is 450 g/mol. The molecule has 0 unspecified atom stereocenters. The molecule has 6 nitrogen and oxygen atoms in total. The topological polar surface area (TPSA) is 93.1 Å². The van der Waals surface area contributed by atoms with Crippen molar-refractivity contribution in [2.75, 3.05) is 26.4 Å². The number of ether oxygens (including phenoxy) is 2. The lowest BCUT2D eigenvalue weighted by molar-refractivity contribution is 0.200. The Bertz CT molecular complexity index is 879. The summed E-state index contributed by atoms with van der Waals surface area (Å²) in [5.74, 6) is 1.81. The molecular formula is C24H34O6S. The first-order valence-electron chi connectivity index (χ1n) is 10.7. The molecule has 0 fully saturated rings. The fraction of sp³-hybridized carbons (Fsp3) is 0.500. The number of sulfone groups is 1. The van der Waals surface area contributed by atoms with Crippen molar-refractivity contribution in [1.82, 2.24) is 0 Å². The Morgan fingerprint density at radius 3 is 1.45 bits per heavy atom. The van der Waals surface area contributed by atoms with Crippen molar-refractivity contribution in [2.45, 2.75) is 50.3 Å². The number of rotatable bonds is 12. The second-order valence-corrected chi connectivity index (χ2v) is 10.3. The van der Waals surface area contributed by atoms with Gasteiger partial charge in [-0.2, -0.15) is 0 Å². The smallest absolute Gasteiger partial charge is 0.206 e. The van der Waals surface area contributed by atoms with Crippen molar-refractivity contribution in [1.29, 1.82) is 0 Å². The molecule has 0 bridgehead atoms. The standard InChI is InChI=1S/C24H34O6S/c1-17(2)13-19-15-21(5-7-23(19)29-11-9-25)31(27,28)22-6-8-24(30-12-10-26)20(16-22)14-18(3)4/h5-8,15-18,25-26H,9-14H2,1-4H3. The van der Waals surface area contributed by atoms with Crippen molar-refractivity contribution < 1.29 is 28.1 Å². The minimum atomic E-state index is -3.74. The van der Waals surface area contributed by atoms with E-state index in [1.807, 2.05) is 0 Å². The molecule has 0 heterocycles. The molecule has 31 heavy (non-hydrogen) atoms. The molecule has 2 aromatic carbocycles. The maximum Gasteiger partial charge on any atom is 0.206 e. The lowest BCUT2D eigenvalue weighted by Gasteiger charge is -2.16. The SMILES string of the molecule is CC(C)Cc1cc(S(=O)(=O)c2ccc(OCCO)c(CC(C)C)c2)ccc1OCCO. The van der Waals surface area contributed by atoms with Crippen LogP contribution < -0.4 is 9.47 Å². The molecule has 2 aromatic rings. The number of hydrogen-bond donors (Lipinski definition) is 2. The molecule has 0 radical (unpaired) electrons. The minimum absolute atomic E-state index is 0.107. The first-order chi connectivity index (χ1) is 14.7. The van der Waals surface area contributed by atoms with Crippen LogP contribution in [-0.2, 0) is 22.7 Å². The molecule has 0 spiro atoms. The molecule has 0 saturated carbocycles. The third-order valence-corrected chi connectivity index (χ3v) is 6.39. The highest BCUT2D eigenvalue weighted by Crippen LogP contribution is 2.31. The zero-order valence-electron chi connectivity index (χ0n) is 18.8. The third kappa shape index (κ3) is 6.95. The molecule has 0 atom stereocenters. The van der Waals surface area contributed by atoms with Crippen molar-refractivity contribution in [2.24, 2.45) is 11.8 Å². The van der Waals surface area contributed by atoms with Crippen LogP contribution in [0.3, 0.4) is 0 Å². The molecule has 7 heteroatoms. The van der Waals surface area contributed by atoms with Gasteiger partial charge in [-0.1, -0.05) is 27.7 Å². The lowest BCUT2D eigenvalue weighted by atomic mass is 10.0. The summed E-state index contributed by atoms with van der Waals surface area (Å²) in [5, 5.41) is 18.1. The molecular weight excluding hydrogens is 416 g/mol. The summed E-state index contributed by atoms with van der Waals surface area (Å²) in [7, 11) is -3.74. The molecule has 0 aliphatic carbocycles. The number of benzene rings is 2. The average molecular weight is 451 g/mol. The van der Waals surface area contributed by atoms with E-state index < -0.39 is 9.84 Å². The molecule has 2 rings (SSSR count).